The van der Waals surface area contributed by atoms with Gasteiger partial charge in [-0.15, -0.1) is 0 Å². The number of ketones is 1. The van der Waals surface area contributed by atoms with Gasteiger partial charge in [0.1, 0.15) is 17.2 Å². The van der Waals surface area contributed by atoms with Gasteiger partial charge in [-0.2, -0.15) is 13.2 Å². The summed E-state index contributed by atoms with van der Waals surface area (Å²) in [7, 11) is 0. The maximum atomic E-state index is 14.9. The summed E-state index contributed by atoms with van der Waals surface area (Å²) in [6.45, 7) is 3.50. The third-order valence-electron chi connectivity index (χ3n) is 6.67. The maximum absolute atomic E-state index is 14.9. The molecule has 0 saturated carbocycles. The molecule has 0 radical (unpaired) electrons. The third kappa shape index (κ3) is 5.90. The van der Waals surface area contributed by atoms with Gasteiger partial charge in [0.15, 0.2) is 11.9 Å². The highest BCUT2D eigenvalue weighted by molar-refractivity contribution is 6.04. The van der Waals surface area contributed by atoms with Crippen LogP contribution in [0.5, 0.6) is 0 Å². The number of benzene rings is 1. The Balaban J connectivity index is 1.45. The minimum Gasteiger partial charge on any atom is -0.385 e. The zero-order valence-corrected chi connectivity index (χ0v) is 21.6. The van der Waals surface area contributed by atoms with Crippen LogP contribution in [0.15, 0.2) is 78.2 Å². The fraction of sp³-hybridized carbons (Fsp3) is 0.233. The first-order valence-electron chi connectivity index (χ1n) is 12.6. The molecular formula is C30H24F4N4O2. The predicted molar refractivity (Wildman–Crippen MR) is 140 cm³/mol. The molecule has 4 heterocycles. The van der Waals surface area contributed by atoms with Crippen LogP contribution in [0.1, 0.15) is 70.4 Å². The summed E-state index contributed by atoms with van der Waals surface area (Å²) in [5.41, 5.74) is 2.53. The van der Waals surface area contributed by atoms with Crippen molar-refractivity contribution in [2.24, 2.45) is 5.16 Å². The minimum atomic E-state index is -4.55. The quantitative estimate of drug-likeness (QED) is 0.180. The van der Waals surface area contributed by atoms with E-state index in [0.717, 1.165) is 17.8 Å². The number of hydrogen-bond acceptors (Lipinski definition) is 6. The molecule has 0 fully saturated rings. The Morgan fingerprint density at radius 2 is 1.85 bits per heavy atom. The summed E-state index contributed by atoms with van der Waals surface area (Å²) in [5, 5.41) is 4.18. The first-order chi connectivity index (χ1) is 19.1. The van der Waals surface area contributed by atoms with E-state index in [9.17, 15) is 22.4 Å². The van der Waals surface area contributed by atoms with Crippen LogP contribution in [-0.2, 0) is 11.0 Å². The predicted octanol–water partition coefficient (Wildman–Crippen LogP) is 7.25. The number of aryl methyl sites for hydroxylation is 1. The number of carbonyl (C=O) groups excluding carboxylic acids is 1. The van der Waals surface area contributed by atoms with Crippen molar-refractivity contribution in [1.82, 2.24) is 15.0 Å². The summed E-state index contributed by atoms with van der Waals surface area (Å²) in [5.74, 6) is -1.19. The van der Waals surface area contributed by atoms with Gasteiger partial charge in [-0.3, -0.25) is 14.8 Å². The summed E-state index contributed by atoms with van der Waals surface area (Å²) < 4.78 is 53.6. The fourth-order valence-electron chi connectivity index (χ4n) is 4.44. The Bertz CT molecular complexity index is 1570. The Hall–Kier alpha value is -4.47. The third-order valence-corrected chi connectivity index (χ3v) is 6.67. The van der Waals surface area contributed by atoms with E-state index in [2.05, 4.69) is 20.1 Å². The Labute approximate surface area is 227 Å². The van der Waals surface area contributed by atoms with Gasteiger partial charge in [0, 0.05) is 36.4 Å². The molecule has 204 valence electrons. The molecule has 10 heteroatoms. The van der Waals surface area contributed by atoms with Gasteiger partial charge in [0.05, 0.1) is 17.1 Å². The van der Waals surface area contributed by atoms with E-state index in [1.807, 2.05) is 12.1 Å². The Kier molecular flexibility index (Phi) is 7.42. The summed E-state index contributed by atoms with van der Waals surface area (Å²) in [6, 6.07) is 15.5. The molecule has 3 aromatic heterocycles. The van der Waals surface area contributed by atoms with Crippen molar-refractivity contribution < 1.29 is 27.2 Å². The summed E-state index contributed by atoms with van der Waals surface area (Å²) >= 11 is 0. The monoisotopic (exact) mass is 548 g/mol. The first-order valence-corrected chi connectivity index (χ1v) is 12.6. The smallest absolute Gasteiger partial charge is 0.385 e. The van der Waals surface area contributed by atoms with E-state index in [0.29, 0.717) is 29.1 Å². The zero-order chi connectivity index (χ0) is 28.4. The van der Waals surface area contributed by atoms with Crippen molar-refractivity contribution in [3.05, 3.63) is 113 Å². The minimum absolute atomic E-state index is 0.00808. The molecule has 0 amide bonds. The van der Waals surface area contributed by atoms with Crippen LogP contribution < -0.4 is 0 Å². The Morgan fingerprint density at radius 1 is 1.05 bits per heavy atom. The van der Waals surface area contributed by atoms with Crippen LogP contribution in [0.2, 0.25) is 0 Å². The lowest BCUT2D eigenvalue weighted by Gasteiger charge is -2.14. The molecule has 0 saturated heterocycles. The SMILES string of the molecule is Cc1ccc(-c2cc(C(=O)C[C@H](C)c3ccc(C(F)(F)F)nc3)cc(C3=NOC(c4ccccn4)C3)n2)c(F)c1. The highest BCUT2D eigenvalue weighted by Crippen LogP contribution is 2.32. The number of Topliss-reactive ketones (excluding diaryl/α,β-unsaturated/α-hetero) is 1. The van der Waals surface area contributed by atoms with Crippen LogP contribution in [-0.4, -0.2) is 26.4 Å². The first kappa shape index (κ1) is 27.1. The second kappa shape index (κ2) is 11.0. The molecule has 6 nitrogen and oxygen atoms in total. The van der Waals surface area contributed by atoms with Gasteiger partial charge in [-0.25, -0.2) is 9.37 Å². The lowest BCUT2D eigenvalue weighted by molar-refractivity contribution is -0.141. The normalized spacial score (nSPS) is 15.8. The van der Waals surface area contributed by atoms with Crippen LogP contribution in [0.3, 0.4) is 0 Å². The van der Waals surface area contributed by atoms with Crippen molar-refractivity contribution >= 4 is 11.5 Å². The van der Waals surface area contributed by atoms with Crippen LogP contribution in [0, 0.1) is 12.7 Å². The molecule has 1 unspecified atom stereocenters. The zero-order valence-electron chi connectivity index (χ0n) is 21.6. The van der Waals surface area contributed by atoms with Crippen molar-refractivity contribution in [1.29, 1.82) is 0 Å². The molecule has 0 N–H and O–H groups in total. The molecule has 4 aromatic rings. The summed E-state index contributed by atoms with van der Waals surface area (Å²) in [4.78, 5) is 31.4. The van der Waals surface area contributed by atoms with E-state index < -0.39 is 29.7 Å². The number of halogens is 4. The van der Waals surface area contributed by atoms with Gasteiger partial charge in [-0.1, -0.05) is 30.3 Å². The largest absolute Gasteiger partial charge is 0.433 e. The number of carbonyl (C=O) groups is 1. The number of aromatic nitrogens is 3. The fourth-order valence-corrected chi connectivity index (χ4v) is 4.44. The van der Waals surface area contributed by atoms with E-state index in [4.69, 9.17) is 4.84 Å². The van der Waals surface area contributed by atoms with Crippen LogP contribution >= 0.6 is 0 Å². The number of alkyl halides is 3. The number of hydrogen-bond donors (Lipinski definition) is 0. The molecule has 0 spiro atoms. The van der Waals surface area contributed by atoms with Crippen molar-refractivity contribution in [2.45, 2.75) is 44.9 Å². The number of rotatable bonds is 7. The number of nitrogens with zero attached hydrogens (tertiary/aromatic N) is 4. The van der Waals surface area contributed by atoms with Gasteiger partial charge >= 0.3 is 6.18 Å². The lowest BCUT2D eigenvalue weighted by atomic mass is 9.93. The second-order valence-electron chi connectivity index (χ2n) is 9.70. The standard InChI is InChI=1S/C30H24F4N4O2/c1-17-6-8-21(22(31)11-17)24-13-20(27(39)12-18(2)19-7-9-29(36-16-19)30(32,33)34)14-25(37-24)26-15-28(40-38-26)23-5-3-4-10-35-23/h3-11,13-14,16,18,28H,12,15H2,1-2H3/t18-,28?/m0/s1. The molecule has 0 bridgehead atoms. The lowest BCUT2D eigenvalue weighted by Crippen LogP contribution is -2.11. The van der Waals surface area contributed by atoms with Crippen molar-refractivity contribution in [3.63, 3.8) is 0 Å². The van der Waals surface area contributed by atoms with Gasteiger partial charge in [0.2, 0.25) is 0 Å². The van der Waals surface area contributed by atoms with Crippen molar-refractivity contribution in [3.8, 4) is 11.3 Å². The highest BCUT2D eigenvalue weighted by atomic mass is 19.4. The summed E-state index contributed by atoms with van der Waals surface area (Å²) in [6.07, 6.45) is -1.84. The van der Waals surface area contributed by atoms with E-state index >= 15 is 0 Å². The van der Waals surface area contributed by atoms with E-state index in [-0.39, 0.29) is 29.0 Å². The van der Waals surface area contributed by atoms with Crippen molar-refractivity contribution in [2.75, 3.05) is 0 Å². The van der Waals surface area contributed by atoms with Crippen LogP contribution in [0.25, 0.3) is 11.3 Å². The van der Waals surface area contributed by atoms with Gasteiger partial charge < -0.3 is 4.84 Å². The van der Waals surface area contributed by atoms with Gasteiger partial charge in [0.25, 0.3) is 0 Å². The second-order valence-corrected chi connectivity index (χ2v) is 9.70. The molecule has 40 heavy (non-hydrogen) atoms. The van der Waals surface area contributed by atoms with E-state index in [1.165, 1.54) is 18.2 Å². The Morgan fingerprint density at radius 3 is 2.52 bits per heavy atom. The van der Waals surface area contributed by atoms with E-state index in [1.54, 1.807) is 44.3 Å². The molecular weight excluding hydrogens is 524 g/mol. The highest BCUT2D eigenvalue weighted by Gasteiger charge is 2.32. The van der Waals surface area contributed by atoms with Crippen LogP contribution in [0.4, 0.5) is 17.6 Å². The average Bonchev–Trinajstić information content (AvgIpc) is 3.43. The molecule has 1 aromatic carbocycles. The molecule has 1 aliphatic heterocycles. The maximum Gasteiger partial charge on any atom is 0.433 e. The number of pyridine rings is 3. The van der Waals surface area contributed by atoms with Gasteiger partial charge in [-0.05, 0) is 66.4 Å². The number of oxime groups is 1. The topological polar surface area (TPSA) is 77.3 Å². The molecule has 5 rings (SSSR count). The average molecular weight is 549 g/mol. The molecule has 0 aliphatic carbocycles. The molecule has 1 aliphatic rings. The molecule has 2 atom stereocenters.